The van der Waals surface area contributed by atoms with Gasteiger partial charge >= 0.3 is 0 Å². The van der Waals surface area contributed by atoms with Crippen molar-refractivity contribution in [3.8, 4) is 0 Å². The minimum absolute atomic E-state index is 0.0770. The Hall–Kier alpha value is -0.660. The Kier molecular flexibility index (Phi) is 5.04. The molecule has 0 bridgehead atoms. The van der Waals surface area contributed by atoms with E-state index in [-0.39, 0.29) is 24.5 Å². The molecular formula is C13H25N3O3S. The van der Waals surface area contributed by atoms with Crippen LogP contribution in [0.25, 0.3) is 0 Å². The highest BCUT2D eigenvalue weighted by Gasteiger charge is 2.37. The summed E-state index contributed by atoms with van der Waals surface area (Å²) in [6.45, 7) is 1.84. The Morgan fingerprint density at radius 1 is 1.15 bits per heavy atom. The van der Waals surface area contributed by atoms with Crippen molar-refractivity contribution >= 4 is 15.9 Å². The van der Waals surface area contributed by atoms with Gasteiger partial charge in [-0.25, -0.2) is 8.42 Å². The number of amides is 1. The highest BCUT2D eigenvalue weighted by molar-refractivity contribution is 7.88. The van der Waals surface area contributed by atoms with Crippen LogP contribution in [0.3, 0.4) is 0 Å². The summed E-state index contributed by atoms with van der Waals surface area (Å²) >= 11 is 0. The molecule has 1 atom stereocenters. The Balaban J connectivity index is 2.01. The van der Waals surface area contributed by atoms with Crippen LogP contribution in [0.4, 0.5) is 0 Å². The number of likely N-dealkylation sites (tertiary alicyclic amines) is 1. The zero-order valence-electron chi connectivity index (χ0n) is 12.1. The van der Waals surface area contributed by atoms with E-state index in [1.807, 2.05) is 4.90 Å². The summed E-state index contributed by atoms with van der Waals surface area (Å²) in [5.74, 6) is -0.317. The molecule has 0 aromatic rings. The molecule has 1 aliphatic carbocycles. The molecule has 2 fully saturated rings. The number of nitrogens with two attached hydrogens (primary N) is 1. The molecule has 1 amide bonds. The van der Waals surface area contributed by atoms with Crippen molar-refractivity contribution in [2.45, 2.75) is 50.6 Å². The summed E-state index contributed by atoms with van der Waals surface area (Å²) in [7, 11) is -3.16. The van der Waals surface area contributed by atoms with Gasteiger partial charge < -0.3 is 5.73 Å². The molecule has 116 valence electrons. The van der Waals surface area contributed by atoms with Crippen molar-refractivity contribution in [3.05, 3.63) is 0 Å². The standard InChI is InChI=1S/C13H25N3O3S/c1-20(18,19)16(11-4-2-5-11)12-6-3-8-15(9-7-12)10-13(14)17/h11-12H,2-10H2,1H3,(H2,14,17)/t12-/m0/s1. The number of hydrogen-bond donors (Lipinski definition) is 1. The highest BCUT2D eigenvalue weighted by atomic mass is 32.2. The van der Waals surface area contributed by atoms with E-state index < -0.39 is 10.0 Å². The highest BCUT2D eigenvalue weighted by Crippen LogP contribution is 2.31. The SMILES string of the molecule is CS(=O)(=O)N(C1CCC1)[C@H]1CCCN(CC(N)=O)CC1. The maximum absolute atomic E-state index is 12.1. The summed E-state index contributed by atoms with van der Waals surface area (Å²) in [5.41, 5.74) is 5.23. The zero-order valence-corrected chi connectivity index (χ0v) is 12.9. The minimum Gasteiger partial charge on any atom is -0.369 e. The molecule has 0 spiro atoms. The van der Waals surface area contributed by atoms with Crippen LogP contribution in [-0.4, -0.2) is 61.5 Å². The van der Waals surface area contributed by atoms with E-state index in [0.717, 1.165) is 51.6 Å². The normalized spacial score (nSPS) is 26.2. The second-order valence-corrected chi connectivity index (χ2v) is 7.89. The number of carbonyl (C=O) groups is 1. The Bertz CT molecular complexity index is 448. The molecule has 0 aromatic carbocycles. The third-order valence-corrected chi connectivity index (χ3v) is 5.71. The van der Waals surface area contributed by atoms with Gasteiger partial charge in [0.05, 0.1) is 12.8 Å². The van der Waals surface area contributed by atoms with Crippen LogP contribution in [0.2, 0.25) is 0 Å². The molecule has 1 saturated heterocycles. The lowest BCUT2D eigenvalue weighted by Crippen LogP contribution is -2.50. The Morgan fingerprint density at radius 3 is 2.25 bits per heavy atom. The molecule has 1 heterocycles. The van der Waals surface area contributed by atoms with Crippen molar-refractivity contribution < 1.29 is 13.2 Å². The second kappa shape index (κ2) is 6.41. The predicted octanol–water partition coefficient (Wildman–Crippen LogP) is 0.140. The lowest BCUT2D eigenvalue weighted by molar-refractivity contribution is -0.119. The number of hydrogen-bond acceptors (Lipinski definition) is 4. The van der Waals surface area contributed by atoms with E-state index in [9.17, 15) is 13.2 Å². The average Bonchev–Trinajstić information content (AvgIpc) is 2.46. The van der Waals surface area contributed by atoms with Gasteiger partial charge in [0, 0.05) is 18.6 Å². The van der Waals surface area contributed by atoms with E-state index in [1.54, 1.807) is 4.31 Å². The maximum atomic E-state index is 12.1. The first-order chi connectivity index (χ1) is 9.38. The van der Waals surface area contributed by atoms with E-state index in [0.29, 0.717) is 0 Å². The first-order valence-electron chi connectivity index (χ1n) is 7.37. The predicted molar refractivity (Wildman–Crippen MR) is 77.6 cm³/mol. The van der Waals surface area contributed by atoms with Crippen LogP contribution in [0.5, 0.6) is 0 Å². The number of carbonyl (C=O) groups excluding carboxylic acids is 1. The summed E-state index contributed by atoms with van der Waals surface area (Å²) in [6, 6.07) is 0.269. The summed E-state index contributed by atoms with van der Waals surface area (Å²) in [5, 5.41) is 0. The quantitative estimate of drug-likeness (QED) is 0.783. The molecular weight excluding hydrogens is 278 g/mol. The molecule has 2 aliphatic rings. The molecule has 1 saturated carbocycles. The van der Waals surface area contributed by atoms with Crippen LogP contribution in [0, 0.1) is 0 Å². The zero-order chi connectivity index (χ0) is 14.8. The molecule has 7 heteroatoms. The molecule has 2 N–H and O–H groups in total. The first-order valence-corrected chi connectivity index (χ1v) is 9.22. The fraction of sp³-hybridized carbons (Fsp3) is 0.923. The topological polar surface area (TPSA) is 83.7 Å². The first kappa shape index (κ1) is 15.7. The van der Waals surface area contributed by atoms with Crippen molar-refractivity contribution in [1.29, 1.82) is 0 Å². The number of primary amides is 1. The van der Waals surface area contributed by atoms with E-state index >= 15 is 0 Å². The largest absolute Gasteiger partial charge is 0.369 e. The number of nitrogens with zero attached hydrogens (tertiary/aromatic N) is 2. The Morgan fingerprint density at radius 2 is 1.75 bits per heavy atom. The van der Waals surface area contributed by atoms with E-state index in [2.05, 4.69) is 0 Å². The number of sulfonamides is 1. The molecule has 20 heavy (non-hydrogen) atoms. The lowest BCUT2D eigenvalue weighted by atomic mass is 9.91. The smallest absolute Gasteiger partial charge is 0.231 e. The third kappa shape index (κ3) is 3.93. The summed E-state index contributed by atoms with van der Waals surface area (Å²) in [4.78, 5) is 13.0. The molecule has 2 rings (SSSR count). The van der Waals surface area contributed by atoms with Crippen LogP contribution >= 0.6 is 0 Å². The lowest BCUT2D eigenvalue weighted by Gasteiger charge is -2.40. The van der Waals surface area contributed by atoms with Gasteiger partial charge in [-0.2, -0.15) is 4.31 Å². The average molecular weight is 303 g/mol. The van der Waals surface area contributed by atoms with Crippen molar-refractivity contribution in [2.75, 3.05) is 25.9 Å². The van der Waals surface area contributed by atoms with Gasteiger partial charge in [-0.15, -0.1) is 0 Å². The van der Waals surface area contributed by atoms with Crippen LogP contribution in [0.1, 0.15) is 38.5 Å². The van der Waals surface area contributed by atoms with Gasteiger partial charge in [0.2, 0.25) is 15.9 Å². The third-order valence-electron chi connectivity index (χ3n) is 4.35. The molecule has 1 aliphatic heterocycles. The van der Waals surface area contributed by atoms with Gasteiger partial charge in [0.15, 0.2) is 0 Å². The minimum atomic E-state index is -3.16. The van der Waals surface area contributed by atoms with Crippen molar-refractivity contribution in [1.82, 2.24) is 9.21 Å². The molecule has 0 unspecified atom stereocenters. The molecule has 0 aromatic heterocycles. The van der Waals surface area contributed by atoms with Crippen LogP contribution < -0.4 is 5.73 Å². The van der Waals surface area contributed by atoms with Gasteiger partial charge in [0.1, 0.15) is 0 Å². The maximum Gasteiger partial charge on any atom is 0.231 e. The van der Waals surface area contributed by atoms with Gasteiger partial charge in [0.25, 0.3) is 0 Å². The van der Waals surface area contributed by atoms with E-state index in [4.69, 9.17) is 5.73 Å². The van der Waals surface area contributed by atoms with Gasteiger partial charge in [-0.3, -0.25) is 9.69 Å². The molecule has 0 radical (unpaired) electrons. The number of rotatable bonds is 5. The molecule has 6 nitrogen and oxygen atoms in total. The van der Waals surface area contributed by atoms with Crippen LogP contribution in [-0.2, 0) is 14.8 Å². The van der Waals surface area contributed by atoms with E-state index in [1.165, 1.54) is 6.26 Å². The monoisotopic (exact) mass is 303 g/mol. The van der Waals surface area contributed by atoms with Crippen molar-refractivity contribution in [3.63, 3.8) is 0 Å². The van der Waals surface area contributed by atoms with Gasteiger partial charge in [-0.05, 0) is 38.6 Å². The Labute approximate surface area is 121 Å². The summed E-state index contributed by atoms with van der Waals surface area (Å²) < 4.78 is 25.9. The fourth-order valence-electron chi connectivity index (χ4n) is 3.25. The fourth-order valence-corrected chi connectivity index (χ4v) is 4.76. The van der Waals surface area contributed by atoms with Crippen LogP contribution in [0.15, 0.2) is 0 Å². The summed E-state index contributed by atoms with van der Waals surface area (Å²) in [6.07, 6.45) is 6.98. The second-order valence-electron chi connectivity index (χ2n) is 6.00. The van der Waals surface area contributed by atoms with Crippen molar-refractivity contribution in [2.24, 2.45) is 5.73 Å². The van der Waals surface area contributed by atoms with Gasteiger partial charge in [-0.1, -0.05) is 6.42 Å².